The molecule has 1 rings (SSSR count). The van der Waals surface area contributed by atoms with Gasteiger partial charge in [0.1, 0.15) is 0 Å². The molecule has 3 heteroatoms. The predicted molar refractivity (Wildman–Crippen MR) is 77.2 cm³/mol. The Morgan fingerprint density at radius 3 is 2.69 bits per heavy atom. The summed E-state index contributed by atoms with van der Waals surface area (Å²) in [6, 6.07) is 9.02. The molecule has 0 aromatic heterocycles. The lowest BCUT2D eigenvalue weighted by molar-refractivity contribution is 0.567. The fourth-order valence-electron chi connectivity index (χ4n) is 1.36. The second-order valence-electron chi connectivity index (χ2n) is 4.09. The molecule has 0 fully saturated rings. The van der Waals surface area contributed by atoms with Gasteiger partial charge in [-0.25, -0.2) is 0 Å². The van der Waals surface area contributed by atoms with Crippen LogP contribution in [0.2, 0.25) is 0 Å². The Morgan fingerprint density at radius 2 is 2.00 bits per heavy atom. The third-order valence-corrected chi connectivity index (χ3v) is 4.33. The van der Waals surface area contributed by atoms with E-state index >= 15 is 0 Å². The molecule has 16 heavy (non-hydrogen) atoms. The normalized spacial score (nSPS) is 11.0. The van der Waals surface area contributed by atoms with Gasteiger partial charge >= 0.3 is 0 Å². The van der Waals surface area contributed by atoms with E-state index in [1.165, 1.54) is 28.0 Å². The summed E-state index contributed by atoms with van der Waals surface area (Å²) in [5, 5.41) is 3.44. The van der Waals surface area contributed by atoms with E-state index in [-0.39, 0.29) is 0 Å². The summed E-state index contributed by atoms with van der Waals surface area (Å²) < 4.78 is 1.21. The maximum Gasteiger partial charge on any atom is 0.0311 e. The summed E-state index contributed by atoms with van der Waals surface area (Å²) in [5.74, 6) is 1.20. The second kappa shape index (κ2) is 8.15. The van der Waals surface area contributed by atoms with E-state index in [1.54, 1.807) is 0 Å². The molecule has 1 N–H and O–H groups in total. The zero-order chi connectivity index (χ0) is 11.8. The van der Waals surface area contributed by atoms with Crippen molar-refractivity contribution in [2.45, 2.75) is 37.6 Å². The SMILES string of the molecule is CC(C)NCCCCSc1ccccc1Br. The van der Waals surface area contributed by atoms with E-state index in [1.807, 2.05) is 11.8 Å². The van der Waals surface area contributed by atoms with Crippen LogP contribution in [0.15, 0.2) is 33.6 Å². The molecule has 0 saturated heterocycles. The summed E-state index contributed by atoms with van der Waals surface area (Å²) in [7, 11) is 0. The highest BCUT2D eigenvalue weighted by atomic mass is 79.9. The van der Waals surface area contributed by atoms with Gasteiger partial charge in [-0.3, -0.25) is 0 Å². The number of benzene rings is 1. The first kappa shape index (κ1) is 14.1. The number of hydrogen-bond donors (Lipinski definition) is 1. The molecule has 0 amide bonds. The molecule has 0 saturated carbocycles. The first-order valence-electron chi connectivity index (χ1n) is 5.81. The monoisotopic (exact) mass is 301 g/mol. The summed E-state index contributed by atoms with van der Waals surface area (Å²) in [6.07, 6.45) is 2.53. The quantitative estimate of drug-likeness (QED) is 0.594. The number of halogens is 1. The molecule has 0 unspecified atom stereocenters. The molecule has 0 aliphatic heterocycles. The lowest BCUT2D eigenvalue weighted by Crippen LogP contribution is -2.23. The molecule has 0 atom stereocenters. The number of thioether (sulfide) groups is 1. The number of hydrogen-bond acceptors (Lipinski definition) is 2. The van der Waals surface area contributed by atoms with Crippen molar-refractivity contribution in [3.8, 4) is 0 Å². The average molecular weight is 302 g/mol. The van der Waals surface area contributed by atoms with Gasteiger partial charge in [0.05, 0.1) is 0 Å². The minimum Gasteiger partial charge on any atom is -0.315 e. The van der Waals surface area contributed by atoms with Crippen LogP contribution < -0.4 is 5.32 Å². The Hall–Kier alpha value is 0.01000. The number of nitrogens with one attached hydrogen (secondary N) is 1. The van der Waals surface area contributed by atoms with Crippen LogP contribution in [0.5, 0.6) is 0 Å². The second-order valence-corrected chi connectivity index (χ2v) is 6.09. The van der Waals surface area contributed by atoms with Crippen LogP contribution in [0.4, 0.5) is 0 Å². The van der Waals surface area contributed by atoms with Crippen LogP contribution in [0.25, 0.3) is 0 Å². The minimum atomic E-state index is 0.607. The van der Waals surface area contributed by atoms with Crippen molar-refractivity contribution in [2.24, 2.45) is 0 Å². The van der Waals surface area contributed by atoms with E-state index in [0.29, 0.717) is 6.04 Å². The standard InChI is InChI=1S/C13H20BrNS/c1-11(2)15-9-5-6-10-16-13-8-4-3-7-12(13)14/h3-4,7-8,11,15H,5-6,9-10H2,1-2H3. The summed E-state index contributed by atoms with van der Waals surface area (Å²) >= 11 is 5.50. The highest BCUT2D eigenvalue weighted by Gasteiger charge is 1.98. The van der Waals surface area contributed by atoms with Gasteiger partial charge in [0.2, 0.25) is 0 Å². The Balaban J connectivity index is 2.10. The third kappa shape index (κ3) is 5.92. The Bertz CT molecular complexity index is 302. The zero-order valence-corrected chi connectivity index (χ0v) is 12.4. The fraction of sp³-hybridized carbons (Fsp3) is 0.538. The van der Waals surface area contributed by atoms with Crippen LogP contribution >= 0.6 is 27.7 Å². The van der Waals surface area contributed by atoms with Crippen molar-refractivity contribution in [1.82, 2.24) is 5.32 Å². The van der Waals surface area contributed by atoms with Crippen LogP contribution in [-0.2, 0) is 0 Å². The van der Waals surface area contributed by atoms with E-state index in [2.05, 4.69) is 59.4 Å². The van der Waals surface area contributed by atoms with E-state index in [9.17, 15) is 0 Å². The van der Waals surface area contributed by atoms with Gasteiger partial charge in [0.15, 0.2) is 0 Å². The van der Waals surface area contributed by atoms with Crippen molar-refractivity contribution in [3.05, 3.63) is 28.7 Å². The Morgan fingerprint density at radius 1 is 1.25 bits per heavy atom. The molecular weight excluding hydrogens is 282 g/mol. The number of unbranched alkanes of at least 4 members (excludes halogenated alkanes) is 1. The average Bonchev–Trinajstić information content (AvgIpc) is 2.25. The van der Waals surface area contributed by atoms with E-state index < -0.39 is 0 Å². The van der Waals surface area contributed by atoms with Crippen molar-refractivity contribution < 1.29 is 0 Å². The summed E-state index contributed by atoms with van der Waals surface area (Å²) in [6.45, 7) is 5.51. The van der Waals surface area contributed by atoms with Crippen LogP contribution in [0.3, 0.4) is 0 Å². The minimum absolute atomic E-state index is 0.607. The van der Waals surface area contributed by atoms with Crippen LogP contribution in [-0.4, -0.2) is 18.3 Å². The van der Waals surface area contributed by atoms with E-state index in [4.69, 9.17) is 0 Å². The molecule has 1 aromatic rings. The Kier molecular flexibility index (Phi) is 7.17. The van der Waals surface area contributed by atoms with Crippen LogP contribution in [0.1, 0.15) is 26.7 Å². The highest BCUT2D eigenvalue weighted by molar-refractivity contribution is 9.10. The highest BCUT2D eigenvalue weighted by Crippen LogP contribution is 2.27. The van der Waals surface area contributed by atoms with Crippen molar-refractivity contribution in [3.63, 3.8) is 0 Å². The van der Waals surface area contributed by atoms with Gasteiger partial charge in [0.25, 0.3) is 0 Å². The molecule has 1 nitrogen and oxygen atoms in total. The lowest BCUT2D eigenvalue weighted by Gasteiger charge is -2.07. The summed E-state index contributed by atoms with van der Waals surface area (Å²) in [4.78, 5) is 1.35. The smallest absolute Gasteiger partial charge is 0.0311 e. The van der Waals surface area contributed by atoms with Crippen molar-refractivity contribution >= 4 is 27.7 Å². The van der Waals surface area contributed by atoms with Gasteiger partial charge in [-0.1, -0.05) is 26.0 Å². The molecule has 0 spiro atoms. The topological polar surface area (TPSA) is 12.0 Å². The maximum atomic E-state index is 3.56. The van der Waals surface area contributed by atoms with Crippen molar-refractivity contribution in [1.29, 1.82) is 0 Å². The molecule has 0 aliphatic carbocycles. The lowest BCUT2D eigenvalue weighted by atomic mass is 10.3. The zero-order valence-electron chi connectivity index (χ0n) is 10.0. The van der Waals surface area contributed by atoms with E-state index in [0.717, 1.165) is 6.54 Å². The van der Waals surface area contributed by atoms with Gasteiger partial charge in [0, 0.05) is 15.4 Å². The molecule has 0 aliphatic rings. The maximum absolute atomic E-state index is 3.56. The molecule has 0 heterocycles. The first-order valence-corrected chi connectivity index (χ1v) is 7.58. The number of rotatable bonds is 7. The fourth-order valence-corrected chi connectivity index (χ4v) is 2.94. The predicted octanol–water partition coefficient (Wildman–Crippen LogP) is 4.32. The first-order chi connectivity index (χ1) is 7.70. The third-order valence-electron chi connectivity index (χ3n) is 2.22. The molecule has 0 radical (unpaired) electrons. The Labute approximate surface area is 112 Å². The van der Waals surface area contributed by atoms with Crippen molar-refractivity contribution in [2.75, 3.05) is 12.3 Å². The van der Waals surface area contributed by atoms with Gasteiger partial charge < -0.3 is 5.32 Å². The van der Waals surface area contributed by atoms with Gasteiger partial charge in [-0.05, 0) is 53.2 Å². The molecule has 1 aromatic carbocycles. The summed E-state index contributed by atoms with van der Waals surface area (Å²) in [5.41, 5.74) is 0. The van der Waals surface area contributed by atoms with Gasteiger partial charge in [-0.2, -0.15) is 0 Å². The molecular formula is C13H20BrNS. The van der Waals surface area contributed by atoms with Crippen LogP contribution in [0, 0.1) is 0 Å². The largest absolute Gasteiger partial charge is 0.315 e. The molecule has 90 valence electrons. The van der Waals surface area contributed by atoms with Gasteiger partial charge in [-0.15, -0.1) is 11.8 Å². The molecule has 0 bridgehead atoms.